The highest BCUT2D eigenvalue weighted by atomic mass is 16.6. The number of carbonyl (C=O) groups is 4. The topological polar surface area (TPSA) is 108 Å². The van der Waals surface area contributed by atoms with Gasteiger partial charge >= 0.3 is 17.9 Å². The van der Waals surface area contributed by atoms with E-state index in [0.29, 0.717) is 31.6 Å². The zero-order chi connectivity index (χ0) is 27.5. The van der Waals surface area contributed by atoms with Crippen LogP contribution in [0, 0.1) is 34.5 Å². The summed E-state index contributed by atoms with van der Waals surface area (Å²) in [6.45, 7) is 10.3. The van der Waals surface area contributed by atoms with Crippen molar-refractivity contribution in [3.05, 3.63) is 23.3 Å². The molecule has 0 spiro atoms. The fraction of sp³-hybridized carbons (Fsp3) is 0.724. The highest BCUT2D eigenvalue weighted by Crippen LogP contribution is 2.64. The Hall–Kier alpha value is -2.48. The molecule has 0 aromatic carbocycles. The zero-order valence-electron chi connectivity index (χ0n) is 23.3. The Morgan fingerprint density at radius 3 is 2.51 bits per heavy atom. The van der Waals surface area contributed by atoms with Gasteiger partial charge in [-0.3, -0.25) is 9.59 Å². The van der Waals surface area contributed by atoms with Crippen molar-refractivity contribution in [2.24, 2.45) is 34.5 Å². The predicted octanol–water partition coefficient (Wildman–Crippen LogP) is 3.78. The normalized spacial score (nSPS) is 36.8. The molecule has 3 fully saturated rings. The van der Waals surface area contributed by atoms with E-state index in [0.717, 1.165) is 18.4 Å². The highest BCUT2D eigenvalue weighted by Gasteiger charge is 2.66. The Bertz CT molecular complexity index is 985. The highest BCUT2D eigenvalue weighted by molar-refractivity contribution is 5.89. The van der Waals surface area contributed by atoms with Gasteiger partial charge in [-0.15, -0.1) is 0 Å². The van der Waals surface area contributed by atoms with Gasteiger partial charge in [-0.25, -0.2) is 9.59 Å². The first-order chi connectivity index (χ1) is 17.4. The molecule has 3 aliphatic rings. The van der Waals surface area contributed by atoms with Crippen molar-refractivity contribution in [3.8, 4) is 0 Å². The van der Waals surface area contributed by atoms with Crippen LogP contribution in [0.1, 0.15) is 66.7 Å². The summed E-state index contributed by atoms with van der Waals surface area (Å²) in [6, 6.07) is 0. The third-order valence-electron chi connectivity index (χ3n) is 9.59. The van der Waals surface area contributed by atoms with E-state index in [1.54, 1.807) is 40.0 Å². The van der Waals surface area contributed by atoms with E-state index in [1.807, 2.05) is 6.92 Å². The van der Waals surface area contributed by atoms with Gasteiger partial charge in [0.05, 0.1) is 7.11 Å². The molecule has 3 saturated carbocycles. The molecule has 0 heterocycles. The summed E-state index contributed by atoms with van der Waals surface area (Å²) in [7, 11) is 3.14. The van der Waals surface area contributed by atoms with Crippen molar-refractivity contribution < 1.29 is 33.4 Å². The number of ketones is 1. The summed E-state index contributed by atoms with van der Waals surface area (Å²) in [6.07, 6.45) is 5.51. The largest absolute Gasteiger partial charge is 0.468 e. The van der Waals surface area contributed by atoms with Crippen molar-refractivity contribution in [3.63, 3.8) is 0 Å². The SMILES string of the molecule is C/C=C(\C)C(=O)O[C@H]1CC[C@@]2(C)[C@@H](CC(=O)[C@H]3[C@@H](C)/C(=C/C(=O)OCCNC)CC[C@@H]32)[C@@]1(C)C(=O)OC. The van der Waals surface area contributed by atoms with Gasteiger partial charge in [-0.05, 0) is 76.7 Å². The van der Waals surface area contributed by atoms with Crippen LogP contribution >= 0.6 is 0 Å². The number of Topliss-reactive ketones (excluding diaryl/α,β-unsaturated/α-hetero) is 1. The number of carbonyl (C=O) groups excluding carboxylic acids is 4. The fourth-order valence-electron chi connectivity index (χ4n) is 7.27. The summed E-state index contributed by atoms with van der Waals surface area (Å²) in [5, 5.41) is 2.94. The van der Waals surface area contributed by atoms with Crippen LogP contribution in [0.2, 0.25) is 0 Å². The third kappa shape index (κ3) is 5.27. The average molecular weight is 518 g/mol. The minimum Gasteiger partial charge on any atom is -0.468 e. The first-order valence-electron chi connectivity index (χ1n) is 13.4. The lowest BCUT2D eigenvalue weighted by Gasteiger charge is -2.61. The van der Waals surface area contributed by atoms with E-state index in [4.69, 9.17) is 14.2 Å². The number of likely N-dealkylation sites (N-methyl/N-ethyl adjacent to an activating group) is 1. The first-order valence-corrected chi connectivity index (χ1v) is 13.4. The molecule has 0 aromatic rings. The molecule has 0 aromatic heterocycles. The maximum absolute atomic E-state index is 13.7. The molecule has 0 radical (unpaired) electrons. The van der Waals surface area contributed by atoms with Crippen molar-refractivity contribution in [2.45, 2.75) is 72.8 Å². The fourth-order valence-corrected chi connectivity index (χ4v) is 7.27. The van der Waals surface area contributed by atoms with Gasteiger partial charge in [0.15, 0.2) is 0 Å². The number of rotatable bonds is 7. The number of methoxy groups -OCH3 is 1. The summed E-state index contributed by atoms with van der Waals surface area (Å²) in [5.41, 5.74) is -0.0214. The van der Waals surface area contributed by atoms with Gasteiger partial charge in [0.2, 0.25) is 0 Å². The van der Waals surface area contributed by atoms with Crippen molar-refractivity contribution >= 4 is 23.7 Å². The number of hydrogen-bond donors (Lipinski definition) is 1. The van der Waals surface area contributed by atoms with Crippen LogP contribution in [0.4, 0.5) is 0 Å². The van der Waals surface area contributed by atoms with Crippen molar-refractivity contribution in [2.75, 3.05) is 27.3 Å². The molecule has 8 heteroatoms. The monoisotopic (exact) mass is 517 g/mol. The summed E-state index contributed by atoms with van der Waals surface area (Å²) in [5.74, 6) is -1.74. The molecular weight excluding hydrogens is 474 g/mol. The second-order valence-corrected chi connectivity index (χ2v) is 11.4. The molecule has 0 bridgehead atoms. The summed E-state index contributed by atoms with van der Waals surface area (Å²) in [4.78, 5) is 52.1. The van der Waals surface area contributed by atoms with E-state index in [9.17, 15) is 19.2 Å². The van der Waals surface area contributed by atoms with Crippen molar-refractivity contribution in [1.82, 2.24) is 5.32 Å². The van der Waals surface area contributed by atoms with E-state index in [-0.39, 0.29) is 47.3 Å². The predicted molar refractivity (Wildman–Crippen MR) is 138 cm³/mol. The van der Waals surface area contributed by atoms with Crippen LogP contribution in [0.25, 0.3) is 0 Å². The number of fused-ring (bicyclic) bond motifs is 3. The van der Waals surface area contributed by atoms with Crippen LogP contribution < -0.4 is 5.32 Å². The van der Waals surface area contributed by atoms with Gasteiger partial charge in [-0.1, -0.05) is 25.5 Å². The lowest BCUT2D eigenvalue weighted by Crippen LogP contribution is -2.64. The van der Waals surface area contributed by atoms with E-state index in [2.05, 4.69) is 12.2 Å². The van der Waals surface area contributed by atoms with E-state index in [1.165, 1.54) is 7.11 Å². The second kappa shape index (κ2) is 11.5. The molecule has 37 heavy (non-hydrogen) atoms. The Kier molecular flexibility index (Phi) is 9.04. The quantitative estimate of drug-likeness (QED) is 0.235. The molecule has 3 rings (SSSR count). The standard InChI is InChI=1S/C29H43NO7/c1-8-17(2)26(33)37-23-11-12-28(4)20-10-9-19(15-24(32)36-14-13-30-6)18(3)25(20)21(31)16-22(28)29(23,5)27(34)35-7/h8,15,18,20,22-23,25,30H,9-14,16H2,1-7H3/b17-8+,19-15+/t18-,20-,22+,23-,25-,28+,29+/m0/s1. The molecule has 206 valence electrons. The van der Waals surface area contributed by atoms with Crippen LogP contribution in [-0.2, 0) is 33.4 Å². The molecule has 0 unspecified atom stereocenters. The lowest BCUT2D eigenvalue weighted by atomic mass is 9.42. The first kappa shape index (κ1) is 29.1. The van der Waals surface area contributed by atoms with Gasteiger partial charge in [0.25, 0.3) is 0 Å². The smallest absolute Gasteiger partial charge is 0.333 e. The average Bonchev–Trinajstić information content (AvgIpc) is 2.87. The molecular formula is C29H43NO7. The van der Waals surface area contributed by atoms with Crippen LogP contribution in [0.5, 0.6) is 0 Å². The maximum Gasteiger partial charge on any atom is 0.333 e. The Balaban J connectivity index is 1.91. The van der Waals surface area contributed by atoms with Crippen molar-refractivity contribution in [1.29, 1.82) is 0 Å². The number of hydrogen-bond acceptors (Lipinski definition) is 8. The molecule has 0 amide bonds. The molecule has 0 saturated heterocycles. The molecule has 8 nitrogen and oxygen atoms in total. The van der Waals surface area contributed by atoms with Crippen LogP contribution in [0.15, 0.2) is 23.3 Å². The lowest BCUT2D eigenvalue weighted by molar-refractivity contribution is -0.204. The van der Waals surface area contributed by atoms with Gasteiger partial charge in [-0.2, -0.15) is 0 Å². The molecule has 1 N–H and O–H groups in total. The number of allylic oxidation sites excluding steroid dienone is 2. The number of ether oxygens (including phenoxy) is 3. The van der Waals surface area contributed by atoms with Gasteiger partial charge in [0, 0.05) is 30.5 Å². The molecule has 7 atom stereocenters. The van der Waals surface area contributed by atoms with E-state index >= 15 is 0 Å². The summed E-state index contributed by atoms with van der Waals surface area (Å²) >= 11 is 0. The Morgan fingerprint density at radius 1 is 1.19 bits per heavy atom. The third-order valence-corrected chi connectivity index (χ3v) is 9.59. The van der Waals surface area contributed by atoms with Crippen LogP contribution in [-0.4, -0.2) is 57.1 Å². The minimum absolute atomic E-state index is 0.0594. The number of esters is 3. The molecule has 0 aliphatic heterocycles. The second-order valence-electron chi connectivity index (χ2n) is 11.4. The maximum atomic E-state index is 13.7. The summed E-state index contributed by atoms with van der Waals surface area (Å²) < 4.78 is 16.4. The zero-order valence-corrected chi connectivity index (χ0v) is 23.3. The van der Waals surface area contributed by atoms with E-state index < -0.39 is 23.5 Å². The van der Waals surface area contributed by atoms with Crippen LogP contribution in [0.3, 0.4) is 0 Å². The number of nitrogens with one attached hydrogen (secondary N) is 1. The van der Waals surface area contributed by atoms with Gasteiger partial charge in [0.1, 0.15) is 23.9 Å². The Morgan fingerprint density at radius 2 is 1.89 bits per heavy atom. The minimum atomic E-state index is -1.14. The molecule has 3 aliphatic carbocycles. The Labute approximate surface area is 220 Å². The van der Waals surface area contributed by atoms with Gasteiger partial charge < -0.3 is 19.5 Å².